The summed E-state index contributed by atoms with van der Waals surface area (Å²) in [5.74, 6) is 0.472. The van der Waals surface area contributed by atoms with Crippen LogP contribution in [0.15, 0.2) is 102 Å². The van der Waals surface area contributed by atoms with Gasteiger partial charge in [-0.25, -0.2) is 4.79 Å². The maximum atomic E-state index is 12.4. The monoisotopic (exact) mass is 534 g/mol. The largest absolute Gasteiger partial charge is 0.487 e. The van der Waals surface area contributed by atoms with Crippen molar-refractivity contribution in [3.8, 4) is 5.75 Å². The molecule has 0 aliphatic heterocycles. The lowest BCUT2D eigenvalue weighted by molar-refractivity contribution is 0.0472. The molecule has 0 fully saturated rings. The Kier molecular flexibility index (Phi) is 8.40. The Morgan fingerprint density at radius 1 is 0.735 bits per heavy atom. The van der Waals surface area contributed by atoms with Crippen molar-refractivity contribution in [2.24, 2.45) is 0 Å². The molecule has 0 heterocycles. The number of rotatable bonds is 9. The zero-order valence-electron chi connectivity index (χ0n) is 18.5. The van der Waals surface area contributed by atoms with Crippen molar-refractivity contribution in [3.05, 3.63) is 134 Å². The van der Waals surface area contributed by atoms with E-state index in [-0.39, 0.29) is 12.6 Å². The van der Waals surface area contributed by atoms with Gasteiger partial charge in [-0.05, 0) is 75.3 Å². The molecule has 0 amide bonds. The Bertz CT molecular complexity index is 1230. The van der Waals surface area contributed by atoms with Crippen molar-refractivity contribution in [2.75, 3.05) is 0 Å². The highest BCUT2D eigenvalue weighted by molar-refractivity contribution is 9.10. The minimum Gasteiger partial charge on any atom is -0.487 e. The van der Waals surface area contributed by atoms with Crippen LogP contribution in [0.4, 0.5) is 0 Å². The van der Waals surface area contributed by atoms with Crippen LogP contribution < -0.4 is 4.74 Å². The molecule has 4 aromatic rings. The van der Waals surface area contributed by atoms with Gasteiger partial charge in [0, 0.05) is 5.02 Å². The maximum absolute atomic E-state index is 12.4. The number of carbonyl (C=O) groups is 1. The van der Waals surface area contributed by atoms with Gasteiger partial charge in [0.25, 0.3) is 0 Å². The lowest BCUT2D eigenvalue weighted by Gasteiger charge is -2.14. The van der Waals surface area contributed by atoms with Crippen LogP contribution in [-0.2, 0) is 30.8 Å². The molecule has 0 radical (unpaired) electrons. The molecule has 3 nitrogen and oxygen atoms in total. The van der Waals surface area contributed by atoms with Gasteiger partial charge in [0.2, 0.25) is 0 Å². The first-order valence-electron chi connectivity index (χ1n) is 11.0. The average molecular weight is 536 g/mol. The molecule has 0 saturated carbocycles. The SMILES string of the molecule is O=C(OCc1ccccc1)c1ccc(CCc2cc(Cl)cc(Br)c2OCc2ccccc2)cc1. The highest BCUT2D eigenvalue weighted by atomic mass is 79.9. The number of ether oxygens (including phenoxy) is 2. The van der Waals surface area contributed by atoms with Crippen LogP contribution in [0.1, 0.15) is 32.6 Å². The fourth-order valence-electron chi connectivity index (χ4n) is 3.58. The van der Waals surface area contributed by atoms with Gasteiger partial charge in [-0.1, -0.05) is 84.4 Å². The van der Waals surface area contributed by atoms with Gasteiger partial charge in [-0.2, -0.15) is 0 Å². The molecular formula is C29H24BrClO3. The van der Waals surface area contributed by atoms with E-state index in [2.05, 4.69) is 15.9 Å². The van der Waals surface area contributed by atoms with Crippen LogP contribution in [-0.4, -0.2) is 5.97 Å². The zero-order chi connectivity index (χ0) is 23.8. The first-order valence-corrected chi connectivity index (χ1v) is 12.2. The van der Waals surface area contributed by atoms with Crippen molar-refractivity contribution < 1.29 is 14.3 Å². The van der Waals surface area contributed by atoms with Gasteiger partial charge in [0.1, 0.15) is 19.0 Å². The number of aryl methyl sites for hydroxylation is 2. The first kappa shape index (κ1) is 24.1. The van der Waals surface area contributed by atoms with Gasteiger partial charge in [0.15, 0.2) is 0 Å². The average Bonchev–Trinajstić information content (AvgIpc) is 2.87. The third kappa shape index (κ3) is 6.72. The quantitative estimate of drug-likeness (QED) is 0.205. The van der Waals surface area contributed by atoms with Crippen LogP contribution >= 0.6 is 27.5 Å². The molecular weight excluding hydrogens is 512 g/mol. The summed E-state index contributed by atoms with van der Waals surface area (Å²) >= 11 is 9.91. The van der Waals surface area contributed by atoms with Crippen LogP contribution in [0, 0.1) is 0 Å². The predicted octanol–water partition coefficient (Wildman–Crippen LogP) is 7.82. The number of carbonyl (C=O) groups excluding carboxylic acids is 1. The fourth-order valence-corrected chi connectivity index (χ4v) is 4.57. The highest BCUT2D eigenvalue weighted by Gasteiger charge is 2.12. The Hall–Kier alpha value is -3.08. The molecule has 0 aromatic heterocycles. The standard InChI is InChI=1S/C29H24BrClO3/c30-27-18-26(31)17-25(28(27)33-19-22-7-3-1-4-8-22)16-13-21-11-14-24(15-12-21)29(32)34-20-23-9-5-2-6-10-23/h1-12,14-15,17-18H,13,16,19-20H2. The molecule has 4 aromatic carbocycles. The highest BCUT2D eigenvalue weighted by Crippen LogP contribution is 2.34. The second kappa shape index (κ2) is 11.9. The molecule has 0 atom stereocenters. The Labute approximate surface area is 213 Å². The van der Waals surface area contributed by atoms with Gasteiger partial charge in [0.05, 0.1) is 10.0 Å². The van der Waals surface area contributed by atoms with Gasteiger partial charge < -0.3 is 9.47 Å². The summed E-state index contributed by atoms with van der Waals surface area (Å²) in [6, 6.07) is 31.0. The minimum atomic E-state index is -0.328. The van der Waals surface area contributed by atoms with Crippen LogP contribution in [0.2, 0.25) is 5.02 Å². The third-order valence-electron chi connectivity index (χ3n) is 5.40. The summed E-state index contributed by atoms with van der Waals surface area (Å²) in [5, 5.41) is 0.658. The van der Waals surface area contributed by atoms with Gasteiger partial charge in [-0.3, -0.25) is 0 Å². The lowest BCUT2D eigenvalue weighted by Crippen LogP contribution is -2.05. The Morgan fingerprint density at radius 2 is 1.35 bits per heavy atom. The van der Waals surface area contributed by atoms with Crippen LogP contribution in [0.3, 0.4) is 0 Å². The van der Waals surface area contributed by atoms with E-state index < -0.39 is 0 Å². The Morgan fingerprint density at radius 3 is 2.00 bits per heavy atom. The van der Waals surface area contributed by atoms with E-state index in [0.717, 1.165) is 45.3 Å². The summed E-state index contributed by atoms with van der Waals surface area (Å²) in [4.78, 5) is 12.4. The zero-order valence-corrected chi connectivity index (χ0v) is 20.9. The van der Waals surface area contributed by atoms with E-state index in [1.165, 1.54) is 0 Å². The summed E-state index contributed by atoms with van der Waals surface area (Å²) in [6.07, 6.45) is 1.54. The number of halogens is 2. The predicted molar refractivity (Wildman–Crippen MR) is 139 cm³/mol. The van der Waals surface area contributed by atoms with E-state index in [1.54, 1.807) is 0 Å². The molecule has 0 spiro atoms. The number of hydrogen-bond acceptors (Lipinski definition) is 3. The Balaban J connectivity index is 1.37. The normalized spacial score (nSPS) is 10.6. The molecule has 4 rings (SSSR count). The van der Waals surface area contributed by atoms with E-state index in [4.69, 9.17) is 21.1 Å². The molecule has 0 bridgehead atoms. The topological polar surface area (TPSA) is 35.5 Å². The number of esters is 1. The molecule has 0 aliphatic carbocycles. The first-order chi connectivity index (χ1) is 16.6. The van der Waals surface area contributed by atoms with E-state index in [9.17, 15) is 4.79 Å². The van der Waals surface area contributed by atoms with E-state index in [0.29, 0.717) is 17.2 Å². The maximum Gasteiger partial charge on any atom is 0.338 e. The van der Waals surface area contributed by atoms with E-state index >= 15 is 0 Å². The summed E-state index contributed by atoms with van der Waals surface area (Å²) in [7, 11) is 0. The van der Waals surface area contributed by atoms with E-state index in [1.807, 2.05) is 97.1 Å². The van der Waals surface area contributed by atoms with Crippen molar-refractivity contribution in [1.82, 2.24) is 0 Å². The van der Waals surface area contributed by atoms with Crippen molar-refractivity contribution in [2.45, 2.75) is 26.1 Å². The van der Waals surface area contributed by atoms with Crippen molar-refractivity contribution in [1.29, 1.82) is 0 Å². The third-order valence-corrected chi connectivity index (χ3v) is 6.20. The van der Waals surface area contributed by atoms with Crippen molar-refractivity contribution >= 4 is 33.5 Å². The molecule has 0 saturated heterocycles. The van der Waals surface area contributed by atoms with Crippen LogP contribution in [0.5, 0.6) is 5.75 Å². The summed E-state index contributed by atoms with van der Waals surface area (Å²) in [6.45, 7) is 0.741. The van der Waals surface area contributed by atoms with Crippen molar-refractivity contribution in [3.63, 3.8) is 0 Å². The van der Waals surface area contributed by atoms with Crippen LogP contribution in [0.25, 0.3) is 0 Å². The second-order valence-corrected chi connectivity index (χ2v) is 9.20. The number of benzene rings is 4. The molecule has 172 valence electrons. The summed E-state index contributed by atoms with van der Waals surface area (Å²) in [5.41, 5.74) is 4.75. The van der Waals surface area contributed by atoms with Gasteiger partial charge >= 0.3 is 5.97 Å². The molecule has 0 N–H and O–H groups in total. The molecule has 0 aliphatic rings. The summed E-state index contributed by atoms with van der Waals surface area (Å²) < 4.78 is 12.4. The number of hydrogen-bond donors (Lipinski definition) is 0. The smallest absolute Gasteiger partial charge is 0.338 e. The molecule has 5 heteroatoms. The molecule has 0 unspecified atom stereocenters. The lowest BCUT2D eigenvalue weighted by atomic mass is 10.0. The van der Waals surface area contributed by atoms with Gasteiger partial charge in [-0.15, -0.1) is 0 Å². The minimum absolute atomic E-state index is 0.261. The second-order valence-electron chi connectivity index (χ2n) is 7.91. The fraction of sp³-hybridized carbons (Fsp3) is 0.138. The molecule has 34 heavy (non-hydrogen) atoms.